The van der Waals surface area contributed by atoms with Gasteiger partial charge in [-0.1, -0.05) is 24.3 Å². The number of phenolic OH excluding ortho intramolecular Hbond substituents is 1. The molecular formula is C18H17N3O5. The molecule has 8 heteroatoms. The Hall–Kier alpha value is -3.55. The van der Waals surface area contributed by atoms with Gasteiger partial charge in [0.2, 0.25) is 0 Å². The lowest BCUT2D eigenvalue weighted by Crippen LogP contribution is -2.51. The number of aromatic hydroxyl groups is 1. The van der Waals surface area contributed by atoms with E-state index in [1.165, 1.54) is 17.0 Å². The van der Waals surface area contributed by atoms with Crippen molar-refractivity contribution in [3.05, 3.63) is 54.1 Å². The van der Waals surface area contributed by atoms with Crippen molar-refractivity contribution < 1.29 is 24.2 Å². The third-order valence-corrected chi connectivity index (χ3v) is 3.84. The Morgan fingerprint density at radius 1 is 1.12 bits per heavy atom. The summed E-state index contributed by atoms with van der Waals surface area (Å²) in [5.41, 5.74) is 4.96. The van der Waals surface area contributed by atoms with E-state index in [1.54, 1.807) is 43.3 Å². The molecule has 0 bridgehead atoms. The third kappa shape index (κ3) is 3.44. The number of rotatable bonds is 3. The second-order valence-corrected chi connectivity index (χ2v) is 5.67. The maximum absolute atomic E-state index is 12.3. The average Bonchev–Trinajstić information content (AvgIpc) is 2.64. The second kappa shape index (κ2) is 7.14. The zero-order valence-electron chi connectivity index (χ0n) is 13.9. The maximum Gasteiger partial charge on any atom is 0.273 e. The van der Waals surface area contributed by atoms with Crippen LogP contribution < -0.4 is 20.5 Å². The van der Waals surface area contributed by atoms with Gasteiger partial charge in [0.15, 0.2) is 6.10 Å². The number of nitrogens with zero attached hydrogens (tertiary/aromatic N) is 1. The van der Waals surface area contributed by atoms with Crippen LogP contribution in [0.25, 0.3) is 0 Å². The quantitative estimate of drug-likeness (QED) is 0.711. The Balaban J connectivity index is 1.66. The normalized spacial score (nSPS) is 15.7. The molecule has 3 N–H and O–H groups in total. The number of carbonyl (C=O) groups excluding carboxylic acids is 3. The fourth-order valence-electron chi connectivity index (χ4n) is 2.56. The van der Waals surface area contributed by atoms with Crippen LogP contribution in [0.1, 0.15) is 17.3 Å². The summed E-state index contributed by atoms with van der Waals surface area (Å²) in [6.45, 7) is 1.31. The van der Waals surface area contributed by atoms with Crippen LogP contribution in [0.4, 0.5) is 5.69 Å². The van der Waals surface area contributed by atoms with Crippen LogP contribution in [0.5, 0.6) is 11.5 Å². The smallest absolute Gasteiger partial charge is 0.273 e. The number of phenols is 1. The van der Waals surface area contributed by atoms with E-state index in [0.717, 1.165) is 0 Å². The number of carbonyl (C=O) groups is 3. The van der Waals surface area contributed by atoms with Crippen molar-refractivity contribution in [1.29, 1.82) is 0 Å². The zero-order chi connectivity index (χ0) is 18.7. The number of ether oxygens (including phenoxy) is 1. The van der Waals surface area contributed by atoms with Crippen molar-refractivity contribution in [3.63, 3.8) is 0 Å². The lowest BCUT2D eigenvalue weighted by molar-refractivity contribution is -0.128. The van der Waals surface area contributed by atoms with Gasteiger partial charge in [-0.05, 0) is 31.2 Å². The van der Waals surface area contributed by atoms with E-state index in [4.69, 9.17) is 4.74 Å². The number of fused-ring (bicyclic) bond motifs is 1. The number of amides is 3. The number of anilines is 1. The number of hydrazine groups is 1. The summed E-state index contributed by atoms with van der Waals surface area (Å²) in [6, 6.07) is 12.8. The maximum atomic E-state index is 12.3. The van der Waals surface area contributed by atoms with Gasteiger partial charge in [0.1, 0.15) is 18.0 Å². The molecule has 1 aliphatic rings. The summed E-state index contributed by atoms with van der Waals surface area (Å²) in [4.78, 5) is 37.8. The van der Waals surface area contributed by atoms with Gasteiger partial charge >= 0.3 is 0 Å². The first-order valence-electron chi connectivity index (χ1n) is 7.91. The molecule has 0 aromatic heterocycles. The van der Waals surface area contributed by atoms with Gasteiger partial charge in [-0.15, -0.1) is 0 Å². The summed E-state index contributed by atoms with van der Waals surface area (Å²) >= 11 is 0. The summed E-state index contributed by atoms with van der Waals surface area (Å²) < 4.78 is 5.50. The zero-order valence-corrected chi connectivity index (χ0v) is 13.9. The first-order valence-corrected chi connectivity index (χ1v) is 7.91. The van der Waals surface area contributed by atoms with Gasteiger partial charge in [-0.3, -0.25) is 30.1 Å². The van der Waals surface area contributed by atoms with E-state index in [9.17, 15) is 19.5 Å². The summed E-state index contributed by atoms with van der Waals surface area (Å²) in [7, 11) is 0. The minimum absolute atomic E-state index is 0.0224. The van der Waals surface area contributed by atoms with Crippen LogP contribution in [-0.2, 0) is 9.59 Å². The first-order chi connectivity index (χ1) is 12.5. The van der Waals surface area contributed by atoms with Gasteiger partial charge in [0.05, 0.1) is 11.3 Å². The molecule has 134 valence electrons. The monoisotopic (exact) mass is 355 g/mol. The van der Waals surface area contributed by atoms with Crippen molar-refractivity contribution in [2.24, 2.45) is 0 Å². The molecule has 0 saturated carbocycles. The minimum atomic E-state index is -0.714. The van der Waals surface area contributed by atoms with Crippen molar-refractivity contribution >= 4 is 23.4 Å². The summed E-state index contributed by atoms with van der Waals surface area (Å²) in [5.74, 6) is -1.31. The largest absolute Gasteiger partial charge is 0.507 e. The first kappa shape index (κ1) is 17.3. The topological polar surface area (TPSA) is 108 Å². The average molecular weight is 355 g/mol. The van der Waals surface area contributed by atoms with E-state index >= 15 is 0 Å². The Morgan fingerprint density at radius 2 is 1.81 bits per heavy atom. The standard InChI is InChI=1S/C18H17N3O5/c1-11-18(25)21(13-7-3-5-9-15(13)26-11)10-16(23)19-20-17(24)12-6-2-4-8-14(12)22/h2-9,11,22H,10H2,1H3,(H,19,23)(H,20,24)/t11-/m1/s1. The number of para-hydroxylation sites is 3. The Kier molecular flexibility index (Phi) is 4.74. The molecule has 1 heterocycles. The molecule has 8 nitrogen and oxygen atoms in total. The molecule has 1 atom stereocenters. The van der Waals surface area contributed by atoms with E-state index < -0.39 is 17.9 Å². The summed E-state index contributed by atoms with van der Waals surface area (Å²) in [6.07, 6.45) is -0.714. The predicted octanol–water partition coefficient (Wildman–Crippen LogP) is 0.967. The molecule has 2 aromatic carbocycles. The van der Waals surface area contributed by atoms with E-state index in [1.807, 2.05) is 0 Å². The lowest BCUT2D eigenvalue weighted by atomic mass is 10.2. The molecular weight excluding hydrogens is 338 g/mol. The number of hydrogen-bond acceptors (Lipinski definition) is 5. The van der Waals surface area contributed by atoms with Crippen molar-refractivity contribution in [2.45, 2.75) is 13.0 Å². The summed E-state index contributed by atoms with van der Waals surface area (Å²) in [5, 5.41) is 9.64. The second-order valence-electron chi connectivity index (χ2n) is 5.67. The van der Waals surface area contributed by atoms with Crippen LogP contribution in [0, 0.1) is 0 Å². The Morgan fingerprint density at radius 3 is 2.58 bits per heavy atom. The Labute approximate surface area is 149 Å². The van der Waals surface area contributed by atoms with E-state index in [0.29, 0.717) is 11.4 Å². The molecule has 0 saturated heterocycles. The SMILES string of the molecule is C[C@H]1Oc2ccccc2N(CC(=O)NNC(=O)c2ccccc2O)C1=O. The van der Waals surface area contributed by atoms with Crippen LogP contribution in [-0.4, -0.2) is 35.5 Å². The van der Waals surface area contributed by atoms with Crippen LogP contribution in [0.15, 0.2) is 48.5 Å². The van der Waals surface area contributed by atoms with Crippen molar-refractivity contribution in [2.75, 3.05) is 11.4 Å². The van der Waals surface area contributed by atoms with Gasteiger partial charge in [-0.2, -0.15) is 0 Å². The molecule has 26 heavy (non-hydrogen) atoms. The highest BCUT2D eigenvalue weighted by Crippen LogP contribution is 2.33. The van der Waals surface area contributed by atoms with Crippen molar-refractivity contribution in [1.82, 2.24) is 10.9 Å². The molecule has 0 spiro atoms. The molecule has 0 aliphatic carbocycles. The van der Waals surface area contributed by atoms with E-state index in [2.05, 4.69) is 10.9 Å². The number of nitrogens with one attached hydrogen (secondary N) is 2. The fraction of sp³-hybridized carbons (Fsp3) is 0.167. The predicted molar refractivity (Wildman–Crippen MR) is 92.6 cm³/mol. The fourth-order valence-corrected chi connectivity index (χ4v) is 2.56. The van der Waals surface area contributed by atoms with Gasteiger partial charge < -0.3 is 9.84 Å². The van der Waals surface area contributed by atoms with Gasteiger partial charge in [0.25, 0.3) is 17.7 Å². The highest BCUT2D eigenvalue weighted by Gasteiger charge is 2.32. The molecule has 0 radical (unpaired) electrons. The molecule has 0 unspecified atom stereocenters. The molecule has 3 amide bonds. The molecule has 0 fully saturated rings. The van der Waals surface area contributed by atoms with Crippen LogP contribution in [0.3, 0.4) is 0 Å². The van der Waals surface area contributed by atoms with E-state index in [-0.39, 0.29) is 23.8 Å². The molecule has 2 aromatic rings. The highest BCUT2D eigenvalue weighted by atomic mass is 16.5. The van der Waals surface area contributed by atoms with Gasteiger partial charge in [0, 0.05) is 0 Å². The van der Waals surface area contributed by atoms with Crippen LogP contribution >= 0.6 is 0 Å². The number of hydrogen-bond donors (Lipinski definition) is 3. The minimum Gasteiger partial charge on any atom is -0.507 e. The number of benzene rings is 2. The lowest BCUT2D eigenvalue weighted by Gasteiger charge is -2.32. The molecule has 1 aliphatic heterocycles. The third-order valence-electron chi connectivity index (χ3n) is 3.84. The van der Waals surface area contributed by atoms with Crippen LogP contribution in [0.2, 0.25) is 0 Å². The van der Waals surface area contributed by atoms with Gasteiger partial charge in [-0.25, -0.2) is 0 Å². The molecule has 3 rings (SSSR count). The highest BCUT2D eigenvalue weighted by molar-refractivity contribution is 6.04. The Bertz CT molecular complexity index is 867. The van der Waals surface area contributed by atoms with Crippen molar-refractivity contribution in [3.8, 4) is 11.5 Å².